The molecule has 0 aromatic carbocycles. The molecule has 0 bridgehead atoms. The summed E-state index contributed by atoms with van der Waals surface area (Å²) in [6.07, 6.45) is 2.38. The number of likely N-dealkylation sites (tertiary alicyclic amines) is 1. The van der Waals surface area contributed by atoms with Crippen LogP contribution in [0.15, 0.2) is 12.2 Å². The zero-order chi connectivity index (χ0) is 12.9. The molecule has 1 fully saturated rings. The quantitative estimate of drug-likeness (QED) is 0.719. The van der Waals surface area contributed by atoms with Gasteiger partial charge in [-0.2, -0.15) is 0 Å². The molecule has 100 valence electrons. The van der Waals surface area contributed by atoms with Gasteiger partial charge in [0.25, 0.3) is 0 Å². The molecule has 0 aromatic rings. The fraction of sp³-hybridized carbons (Fsp3) is 0.857. The molecule has 1 N–H and O–H groups in total. The molecule has 3 nitrogen and oxygen atoms in total. The van der Waals surface area contributed by atoms with Crippen LogP contribution in [0.4, 0.5) is 0 Å². The number of piperidine rings is 1. The van der Waals surface area contributed by atoms with Crippen LogP contribution < -0.4 is 5.32 Å². The van der Waals surface area contributed by atoms with Gasteiger partial charge in [0.05, 0.1) is 5.60 Å². The van der Waals surface area contributed by atoms with Crippen LogP contribution in [0, 0.1) is 0 Å². The van der Waals surface area contributed by atoms with E-state index in [0.29, 0.717) is 6.04 Å². The van der Waals surface area contributed by atoms with Crippen molar-refractivity contribution in [1.29, 1.82) is 0 Å². The summed E-state index contributed by atoms with van der Waals surface area (Å²) in [5.74, 6) is 0. The van der Waals surface area contributed by atoms with Crippen molar-refractivity contribution in [2.75, 3.05) is 33.3 Å². The summed E-state index contributed by atoms with van der Waals surface area (Å²) >= 11 is 0. The van der Waals surface area contributed by atoms with Crippen molar-refractivity contribution in [3.05, 3.63) is 12.2 Å². The third-order valence-electron chi connectivity index (χ3n) is 3.44. The number of hydrogen-bond donors (Lipinski definition) is 1. The lowest BCUT2D eigenvalue weighted by Crippen LogP contribution is -2.48. The Kier molecular flexibility index (Phi) is 5.63. The minimum atomic E-state index is 0.0318. The Balaban J connectivity index is 2.33. The van der Waals surface area contributed by atoms with E-state index in [2.05, 4.69) is 37.6 Å². The van der Waals surface area contributed by atoms with Crippen LogP contribution in [0.2, 0.25) is 0 Å². The third-order valence-corrected chi connectivity index (χ3v) is 3.44. The maximum Gasteiger partial charge on any atom is 0.0777 e. The predicted octanol–water partition coefficient (Wildman–Crippen LogP) is 2.04. The van der Waals surface area contributed by atoms with Crippen LogP contribution in [0.25, 0.3) is 0 Å². The van der Waals surface area contributed by atoms with E-state index in [1.165, 1.54) is 18.5 Å². The largest absolute Gasteiger partial charge is 0.377 e. The van der Waals surface area contributed by atoms with Gasteiger partial charge in [-0.3, -0.25) is 4.90 Å². The second-order valence-electron chi connectivity index (χ2n) is 5.75. The van der Waals surface area contributed by atoms with Gasteiger partial charge >= 0.3 is 0 Å². The smallest absolute Gasteiger partial charge is 0.0777 e. The van der Waals surface area contributed by atoms with Gasteiger partial charge in [0.1, 0.15) is 0 Å². The number of methoxy groups -OCH3 is 1. The van der Waals surface area contributed by atoms with Crippen molar-refractivity contribution in [2.24, 2.45) is 0 Å². The first-order valence-corrected chi connectivity index (χ1v) is 6.63. The van der Waals surface area contributed by atoms with Crippen molar-refractivity contribution in [1.82, 2.24) is 10.2 Å². The lowest BCUT2D eigenvalue weighted by atomic mass is 9.94. The highest BCUT2D eigenvalue weighted by molar-refractivity contribution is 5.01. The molecule has 0 aromatic heterocycles. The molecule has 0 aliphatic carbocycles. The average Bonchev–Trinajstić information content (AvgIpc) is 2.26. The number of ether oxygens (including phenoxy) is 1. The Bertz CT molecular complexity index is 253. The molecular weight excluding hydrogens is 212 g/mol. The predicted molar refractivity (Wildman–Crippen MR) is 73.4 cm³/mol. The summed E-state index contributed by atoms with van der Waals surface area (Å²) in [5.41, 5.74) is 1.29. The standard InChI is InChI=1S/C14H28N2O/c1-12(2)15-9-13(3)10-16-8-6-7-14(4,11-16)17-5/h12,15H,3,6-11H2,1-2,4-5H3. The van der Waals surface area contributed by atoms with Crippen LogP contribution in [0.5, 0.6) is 0 Å². The summed E-state index contributed by atoms with van der Waals surface area (Å²) in [7, 11) is 1.82. The zero-order valence-corrected chi connectivity index (χ0v) is 11.9. The molecule has 1 unspecified atom stereocenters. The first-order chi connectivity index (χ1) is 7.95. The minimum Gasteiger partial charge on any atom is -0.377 e. The van der Waals surface area contributed by atoms with Gasteiger partial charge in [0.15, 0.2) is 0 Å². The van der Waals surface area contributed by atoms with E-state index >= 15 is 0 Å². The molecule has 1 rings (SSSR count). The molecule has 0 amide bonds. The fourth-order valence-electron chi connectivity index (χ4n) is 2.33. The highest BCUT2D eigenvalue weighted by atomic mass is 16.5. The molecule has 0 radical (unpaired) electrons. The topological polar surface area (TPSA) is 24.5 Å². The van der Waals surface area contributed by atoms with Gasteiger partial charge in [-0.25, -0.2) is 0 Å². The highest BCUT2D eigenvalue weighted by Crippen LogP contribution is 2.24. The molecule has 1 aliphatic rings. The maximum atomic E-state index is 5.60. The van der Waals surface area contributed by atoms with E-state index in [9.17, 15) is 0 Å². The van der Waals surface area contributed by atoms with Gasteiger partial charge in [-0.15, -0.1) is 0 Å². The van der Waals surface area contributed by atoms with E-state index in [1.54, 1.807) is 0 Å². The number of nitrogens with zero attached hydrogens (tertiary/aromatic N) is 1. The highest BCUT2D eigenvalue weighted by Gasteiger charge is 2.30. The molecule has 3 heteroatoms. The monoisotopic (exact) mass is 240 g/mol. The van der Waals surface area contributed by atoms with Crippen LogP contribution in [0.3, 0.4) is 0 Å². The normalized spacial score (nSPS) is 26.4. The lowest BCUT2D eigenvalue weighted by molar-refractivity contribution is -0.0484. The van der Waals surface area contributed by atoms with Crippen molar-refractivity contribution < 1.29 is 4.74 Å². The Morgan fingerprint density at radius 3 is 2.82 bits per heavy atom. The first-order valence-electron chi connectivity index (χ1n) is 6.63. The number of hydrogen-bond acceptors (Lipinski definition) is 3. The minimum absolute atomic E-state index is 0.0318. The Hall–Kier alpha value is -0.380. The van der Waals surface area contributed by atoms with E-state index < -0.39 is 0 Å². The van der Waals surface area contributed by atoms with Crippen LogP contribution in [-0.4, -0.2) is 49.8 Å². The molecule has 1 aliphatic heterocycles. The van der Waals surface area contributed by atoms with Crippen molar-refractivity contribution in [2.45, 2.75) is 45.3 Å². The van der Waals surface area contributed by atoms with E-state index in [-0.39, 0.29) is 5.60 Å². The van der Waals surface area contributed by atoms with E-state index in [1.807, 2.05) is 7.11 Å². The molecule has 1 saturated heterocycles. The third kappa shape index (κ3) is 5.19. The summed E-state index contributed by atoms with van der Waals surface area (Å²) in [5, 5.41) is 3.41. The Labute approximate surface area is 106 Å². The molecule has 17 heavy (non-hydrogen) atoms. The second kappa shape index (κ2) is 6.53. The van der Waals surface area contributed by atoms with Gasteiger partial charge in [0.2, 0.25) is 0 Å². The Morgan fingerprint density at radius 1 is 1.53 bits per heavy atom. The van der Waals surface area contributed by atoms with Crippen molar-refractivity contribution >= 4 is 0 Å². The van der Waals surface area contributed by atoms with Crippen molar-refractivity contribution in [3.8, 4) is 0 Å². The first kappa shape index (κ1) is 14.7. The van der Waals surface area contributed by atoms with Crippen LogP contribution >= 0.6 is 0 Å². The number of rotatable bonds is 6. The number of nitrogens with one attached hydrogen (secondary N) is 1. The molecule has 0 spiro atoms. The lowest BCUT2D eigenvalue weighted by Gasteiger charge is -2.39. The van der Waals surface area contributed by atoms with Gasteiger partial charge in [-0.05, 0) is 31.9 Å². The summed E-state index contributed by atoms with van der Waals surface area (Å²) in [6, 6.07) is 0.525. The van der Waals surface area contributed by atoms with E-state index in [0.717, 1.165) is 26.1 Å². The molecule has 0 saturated carbocycles. The van der Waals surface area contributed by atoms with Crippen molar-refractivity contribution in [3.63, 3.8) is 0 Å². The zero-order valence-electron chi connectivity index (χ0n) is 11.9. The maximum absolute atomic E-state index is 5.60. The average molecular weight is 240 g/mol. The fourth-order valence-corrected chi connectivity index (χ4v) is 2.33. The molecular formula is C14H28N2O. The van der Waals surface area contributed by atoms with Gasteiger partial charge in [-0.1, -0.05) is 20.4 Å². The molecule has 1 atom stereocenters. The van der Waals surface area contributed by atoms with Gasteiger partial charge in [0, 0.05) is 32.8 Å². The summed E-state index contributed by atoms with van der Waals surface area (Å²) < 4.78 is 5.60. The second-order valence-corrected chi connectivity index (χ2v) is 5.75. The summed E-state index contributed by atoms with van der Waals surface area (Å²) in [6.45, 7) is 14.8. The van der Waals surface area contributed by atoms with Crippen LogP contribution in [-0.2, 0) is 4.74 Å². The summed E-state index contributed by atoms with van der Waals surface area (Å²) in [4.78, 5) is 2.46. The van der Waals surface area contributed by atoms with Crippen LogP contribution in [0.1, 0.15) is 33.6 Å². The molecule has 1 heterocycles. The van der Waals surface area contributed by atoms with Gasteiger partial charge < -0.3 is 10.1 Å². The Morgan fingerprint density at radius 2 is 2.24 bits per heavy atom. The SMILES string of the molecule is C=C(CNC(C)C)CN1CCCC(C)(OC)C1. The van der Waals surface area contributed by atoms with E-state index in [4.69, 9.17) is 4.74 Å².